The van der Waals surface area contributed by atoms with E-state index in [1.54, 1.807) is 30.3 Å². The number of carbonyl (C=O) groups is 1. The van der Waals surface area contributed by atoms with Crippen molar-refractivity contribution in [2.75, 3.05) is 29.9 Å². The number of hydrogen-bond donors (Lipinski definition) is 1. The van der Waals surface area contributed by atoms with E-state index in [0.29, 0.717) is 29.7 Å². The molecule has 1 amide bonds. The number of hydrogen-bond acceptors (Lipinski definition) is 5. The van der Waals surface area contributed by atoms with E-state index in [2.05, 4.69) is 10.4 Å². The fraction of sp³-hybridized carbons (Fsp3) is 0.292. The fourth-order valence-corrected chi connectivity index (χ4v) is 3.99. The molecule has 1 aliphatic rings. The van der Waals surface area contributed by atoms with Gasteiger partial charge in [0.1, 0.15) is 11.6 Å². The number of aromatic nitrogens is 2. The monoisotopic (exact) mass is 452 g/mol. The van der Waals surface area contributed by atoms with Gasteiger partial charge in [0.2, 0.25) is 5.91 Å². The fourth-order valence-electron chi connectivity index (χ4n) is 3.81. The quantitative estimate of drug-likeness (QED) is 0.608. The average molecular weight is 453 g/mol. The molecule has 0 saturated carbocycles. The summed E-state index contributed by atoms with van der Waals surface area (Å²) in [5.74, 6) is 1.23. The van der Waals surface area contributed by atoms with Crippen molar-refractivity contribution in [1.82, 2.24) is 9.78 Å². The van der Waals surface area contributed by atoms with Crippen LogP contribution in [-0.4, -0.2) is 35.4 Å². The molecule has 8 heteroatoms. The standard InChI is InChI=1S/C24H25ClN4O3/c1-2-32-21-10-8-19(9-11-21)26-24(31)17-5-4-14-28(16-17)22-12-13-23(30)29(27-22)20-7-3-6-18(25)15-20/h3,6-13,15,17H,2,4-5,14,16H2,1H3,(H,26,31)/t17-/m0/s1. The summed E-state index contributed by atoms with van der Waals surface area (Å²) in [5, 5.41) is 8.07. The lowest BCUT2D eigenvalue weighted by molar-refractivity contribution is -0.120. The summed E-state index contributed by atoms with van der Waals surface area (Å²) >= 11 is 6.08. The number of nitrogens with zero attached hydrogens (tertiary/aromatic N) is 3. The van der Waals surface area contributed by atoms with Crippen molar-refractivity contribution in [2.45, 2.75) is 19.8 Å². The Labute approximate surface area is 191 Å². The van der Waals surface area contributed by atoms with E-state index in [0.717, 1.165) is 30.8 Å². The molecule has 0 unspecified atom stereocenters. The van der Waals surface area contributed by atoms with Crippen molar-refractivity contribution in [3.05, 3.63) is 76.0 Å². The van der Waals surface area contributed by atoms with Crippen molar-refractivity contribution < 1.29 is 9.53 Å². The van der Waals surface area contributed by atoms with Gasteiger partial charge in [-0.3, -0.25) is 9.59 Å². The van der Waals surface area contributed by atoms with Gasteiger partial charge in [-0.15, -0.1) is 5.10 Å². The third-order valence-corrected chi connectivity index (χ3v) is 5.62. The molecule has 0 radical (unpaired) electrons. The molecule has 1 aromatic heterocycles. The summed E-state index contributed by atoms with van der Waals surface area (Å²) in [7, 11) is 0. The van der Waals surface area contributed by atoms with Crippen LogP contribution in [-0.2, 0) is 4.79 Å². The minimum atomic E-state index is -0.238. The number of rotatable bonds is 6. The second kappa shape index (κ2) is 9.87. The van der Waals surface area contributed by atoms with E-state index < -0.39 is 0 Å². The number of benzene rings is 2. The molecule has 7 nitrogen and oxygen atoms in total. The van der Waals surface area contributed by atoms with Crippen molar-refractivity contribution in [3.63, 3.8) is 0 Å². The maximum atomic E-state index is 12.9. The SMILES string of the molecule is CCOc1ccc(NC(=O)[C@H]2CCCN(c3ccc(=O)n(-c4cccc(Cl)c4)n3)C2)cc1. The van der Waals surface area contributed by atoms with Gasteiger partial charge in [-0.1, -0.05) is 17.7 Å². The molecule has 1 aliphatic heterocycles. The zero-order chi connectivity index (χ0) is 22.5. The minimum absolute atomic E-state index is 0.0259. The predicted molar refractivity (Wildman–Crippen MR) is 126 cm³/mol. The Kier molecular flexibility index (Phi) is 6.75. The van der Waals surface area contributed by atoms with E-state index in [4.69, 9.17) is 16.3 Å². The van der Waals surface area contributed by atoms with Crippen LogP contribution in [0.3, 0.4) is 0 Å². The van der Waals surface area contributed by atoms with Crippen LogP contribution in [0.15, 0.2) is 65.5 Å². The Morgan fingerprint density at radius 2 is 2.00 bits per heavy atom. The van der Waals surface area contributed by atoms with Gasteiger partial charge in [0.05, 0.1) is 18.2 Å². The molecule has 0 bridgehead atoms. The number of ether oxygens (including phenoxy) is 1. The van der Waals surface area contributed by atoms with Gasteiger partial charge < -0.3 is 15.0 Å². The maximum absolute atomic E-state index is 12.9. The summed E-state index contributed by atoms with van der Waals surface area (Å²) in [6, 6.07) is 17.6. The Morgan fingerprint density at radius 1 is 1.19 bits per heavy atom. The first-order valence-electron chi connectivity index (χ1n) is 10.7. The van der Waals surface area contributed by atoms with Crippen molar-refractivity contribution in [3.8, 4) is 11.4 Å². The van der Waals surface area contributed by atoms with Gasteiger partial charge in [0, 0.05) is 29.9 Å². The van der Waals surface area contributed by atoms with Crippen LogP contribution >= 0.6 is 11.6 Å². The van der Waals surface area contributed by atoms with E-state index in [-0.39, 0.29) is 17.4 Å². The number of halogens is 1. The Morgan fingerprint density at radius 3 is 2.75 bits per heavy atom. The molecule has 2 heterocycles. The molecular weight excluding hydrogens is 428 g/mol. The van der Waals surface area contributed by atoms with E-state index >= 15 is 0 Å². The Hall–Kier alpha value is -3.32. The van der Waals surface area contributed by atoms with Crippen LogP contribution in [0.1, 0.15) is 19.8 Å². The molecule has 0 spiro atoms. The van der Waals surface area contributed by atoms with Crippen LogP contribution in [0.5, 0.6) is 5.75 Å². The lowest BCUT2D eigenvalue weighted by Crippen LogP contribution is -2.41. The Balaban J connectivity index is 1.47. The van der Waals surface area contributed by atoms with Crippen LogP contribution in [0.4, 0.5) is 11.5 Å². The van der Waals surface area contributed by atoms with E-state index in [9.17, 15) is 9.59 Å². The normalized spacial score (nSPS) is 15.9. The van der Waals surface area contributed by atoms with Crippen LogP contribution in [0.2, 0.25) is 5.02 Å². The molecule has 1 fully saturated rings. The molecule has 32 heavy (non-hydrogen) atoms. The Bertz CT molecular complexity index is 1150. The lowest BCUT2D eigenvalue weighted by Gasteiger charge is -2.33. The van der Waals surface area contributed by atoms with E-state index in [1.807, 2.05) is 36.1 Å². The van der Waals surface area contributed by atoms with Gasteiger partial charge in [0.15, 0.2) is 0 Å². The molecule has 3 aromatic rings. The van der Waals surface area contributed by atoms with Crippen molar-refractivity contribution >= 4 is 29.0 Å². The summed E-state index contributed by atoms with van der Waals surface area (Å²) in [6.07, 6.45) is 1.66. The molecule has 1 saturated heterocycles. The first-order chi connectivity index (χ1) is 15.5. The summed E-state index contributed by atoms with van der Waals surface area (Å²) in [4.78, 5) is 27.3. The molecule has 1 N–H and O–H groups in total. The zero-order valence-electron chi connectivity index (χ0n) is 17.8. The number of amides is 1. The number of piperidine rings is 1. The second-order valence-corrected chi connectivity index (χ2v) is 8.09. The van der Waals surface area contributed by atoms with Crippen LogP contribution < -0.4 is 20.5 Å². The highest BCUT2D eigenvalue weighted by molar-refractivity contribution is 6.30. The highest BCUT2D eigenvalue weighted by Crippen LogP contribution is 2.24. The number of nitrogens with one attached hydrogen (secondary N) is 1. The van der Waals surface area contributed by atoms with Crippen molar-refractivity contribution in [1.29, 1.82) is 0 Å². The zero-order valence-corrected chi connectivity index (χ0v) is 18.6. The highest BCUT2D eigenvalue weighted by Gasteiger charge is 2.27. The first-order valence-corrected chi connectivity index (χ1v) is 11.1. The number of anilines is 2. The summed E-state index contributed by atoms with van der Waals surface area (Å²) < 4.78 is 6.78. The average Bonchev–Trinajstić information content (AvgIpc) is 2.81. The molecule has 0 aliphatic carbocycles. The smallest absolute Gasteiger partial charge is 0.271 e. The maximum Gasteiger partial charge on any atom is 0.271 e. The largest absolute Gasteiger partial charge is 0.494 e. The van der Waals surface area contributed by atoms with Gasteiger partial charge in [-0.05, 0) is 68.3 Å². The number of carbonyl (C=O) groups excluding carboxylic acids is 1. The second-order valence-electron chi connectivity index (χ2n) is 7.65. The first kappa shape index (κ1) is 21.9. The van der Waals surface area contributed by atoms with Gasteiger partial charge in [-0.2, -0.15) is 4.68 Å². The molecule has 1 atom stereocenters. The third kappa shape index (κ3) is 5.11. The molecular formula is C24H25ClN4O3. The van der Waals surface area contributed by atoms with Gasteiger partial charge in [-0.25, -0.2) is 0 Å². The molecule has 4 rings (SSSR count). The van der Waals surface area contributed by atoms with Crippen LogP contribution in [0.25, 0.3) is 5.69 Å². The third-order valence-electron chi connectivity index (χ3n) is 5.39. The predicted octanol–water partition coefficient (Wildman–Crippen LogP) is 4.14. The van der Waals surface area contributed by atoms with Gasteiger partial charge in [0.25, 0.3) is 5.56 Å². The molecule has 166 valence electrons. The van der Waals surface area contributed by atoms with Crippen LogP contribution in [0, 0.1) is 5.92 Å². The van der Waals surface area contributed by atoms with E-state index in [1.165, 1.54) is 10.7 Å². The lowest BCUT2D eigenvalue weighted by atomic mass is 9.97. The van der Waals surface area contributed by atoms with Gasteiger partial charge >= 0.3 is 0 Å². The summed E-state index contributed by atoms with van der Waals surface area (Å²) in [6.45, 7) is 3.83. The van der Waals surface area contributed by atoms with Crippen molar-refractivity contribution in [2.24, 2.45) is 5.92 Å². The minimum Gasteiger partial charge on any atom is -0.494 e. The highest BCUT2D eigenvalue weighted by atomic mass is 35.5. The topological polar surface area (TPSA) is 76.5 Å². The summed E-state index contributed by atoms with van der Waals surface area (Å²) in [5.41, 5.74) is 1.10. The molecule has 2 aromatic carbocycles.